The molecule has 2 heterocycles. The van der Waals surface area contributed by atoms with Gasteiger partial charge >= 0.3 is 0 Å². The number of nitrogens with zero attached hydrogens (tertiary/aromatic N) is 4. The average molecular weight is 645 g/mol. The summed E-state index contributed by atoms with van der Waals surface area (Å²) in [4.78, 5) is 10.2. The molecule has 1 aliphatic rings. The normalized spacial score (nSPS) is 13.8. The van der Waals surface area contributed by atoms with Crippen LogP contribution in [0.3, 0.4) is 0 Å². The summed E-state index contributed by atoms with van der Waals surface area (Å²) >= 11 is 6.30. The SMILES string of the molecule is Cl.Cl.Cl.Clc1ccc2c(c1)nc(Cc1ccccc1)n2CCCN1CCN(C(c2ccccc2)c2ccccc2)CC1. The second kappa shape index (κ2) is 16.3. The fourth-order valence-corrected chi connectivity index (χ4v) is 6.06. The molecule has 4 aromatic carbocycles. The van der Waals surface area contributed by atoms with Crippen LogP contribution in [0, 0.1) is 0 Å². The van der Waals surface area contributed by atoms with Gasteiger partial charge in [-0.1, -0.05) is 103 Å². The zero-order valence-electron chi connectivity index (χ0n) is 23.5. The summed E-state index contributed by atoms with van der Waals surface area (Å²) < 4.78 is 2.40. The maximum Gasteiger partial charge on any atom is 0.114 e. The lowest BCUT2D eigenvalue weighted by Gasteiger charge is -2.40. The van der Waals surface area contributed by atoms with Gasteiger partial charge in [0.25, 0.3) is 0 Å². The number of hydrogen-bond acceptors (Lipinski definition) is 3. The Labute approximate surface area is 272 Å². The first kappa shape index (κ1) is 33.9. The lowest BCUT2D eigenvalue weighted by molar-refractivity contribution is 0.108. The molecule has 1 aliphatic heterocycles. The molecule has 1 aromatic heterocycles. The van der Waals surface area contributed by atoms with E-state index >= 15 is 0 Å². The molecule has 0 radical (unpaired) electrons. The molecule has 0 amide bonds. The minimum Gasteiger partial charge on any atom is -0.328 e. The lowest BCUT2D eigenvalue weighted by Crippen LogP contribution is -2.48. The van der Waals surface area contributed by atoms with Crippen molar-refractivity contribution in [3.8, 4) is 0 Å². The van der Waals surface area contributed by atoms with Crippen molar-refractivity contribution in [2.24, 2.45) is 0 Å². The fraction of sp³-hybridized carbons (Fsp3) is 0.265. The van der Waals surface area contributed by atoms with E-state index in [2.05, 4.69) is 111 Å². The van der Waals surface area contributed by atoms with E-state index in [1.165, 1.54) is 22.2 Å². The van der Waals surface area contributed by atoms with Crippen molar-refractivity contribution >= 4 is 59.9 Å². The number of aromatic nitrogens is 2. The van der Waals surface area contributed by atoms with Crippen LogP contribution in [0.5, 0.6) is 0 Å². The summed E-state index contributed by atoms with van der Waals surface area (Å²) in [7, 11) is 0. The number of hydrogen-bond donors (Lipinski definition) is 0. The van der Waals surface area contributed by atoms with Crippen molar-refractivity contribution in [3.05, 3.63) is 137 Å². The van der Waals surface area contributed by atoms with E-state index in [0.717, 1.165) is 68.5 Å². The maximum absolute atomic E-state index is 6.30. The number of imidazole rings is 1. The largest absolute Gasteiger partial charge is 0.328 e. The topological polar surface area (TPSA) is 24.3 Å². The predicted molar refractivity (Wildman–Crippen MR) is 183 cm³/mol. The van der Waals surface area contributed by atoms with E-state index < -0.39 is 0 Å². The summed E-state index contributed by atoms with van der Waals surface area (Å²) in [5, 5.41) is 0.737. The van der Waals surface area contributed by atoms with Crippen molar-refractivity contribution in [2.45, 2.75) is 25.4 Å². The predicted octanol–water partition coefficient (Wildman–Crippen LogP) is 8.34. The molecule has 4 nitrogen and oxygen atoms in total. The van der Waals surface area contributed by atoms with Crippen LogP contribution in [-0.4, -0.2) is 52.1 Å². The van der Waals surface area contributed by atoms with E-state index in [1.807, 2.05) is 12.1 Å². The van der Waals surface area contributed by atoms with E-state index in [-0.39, 0.29) is 37.2 Å². The molecule has 0 bridgehead atoms. The number of benzene rings is 4. The standard InChI is InChI=1S/C34H35ClN4.3ClH/c35-30-17-18-32-31(26-30)36-33(25-27-11-4-1-5-12-27)39(32)20-10-19-37-21-23-38(24-22-37)34(28-13-6-2-7-14-28)29-15-8-3-9-16-29;;;/h1-9,11-18,26,34H,10,19-25H2;3*1H. The van der Waals surface area contributed by atoms with E-state index in [1.54, 1.807) is 0 Å². The van der Waals surface area contributed by atoms with E-state index in [4.69, 9.17) is 16.6 Å². The minimum absolute atomic E-state index is 0. The molecule has 0 spiro atoms. The van der Waals surface area contributed by atoms with Crippen LogP contribution < -0.4 is 0 Å². The van der Waals surface area contributed by atoms with Gasteiger partial charge in [-0.05, 0) is 47.9 Å². The van der Waals surface area contributed by atoms with Crippen molar-refractivity contribution in [2.75, 3.05) is 32.7 Å². The first-order valence-electron chi connectivity index (χ1n) is 14.0. The highest BCUT2D eigenvalue weighted by atomic mass is 35.5. The molecule has 0 atom stereocenters. The van der Waals surface area contributed by atoms with E-state index in [9.17, 15) is 0 Å². The molecule has 8 heteroatoms. The zero-order chi connectivity index (χ0) is 26.4. The van der Waals surface area contributed by atoms with Crippen LogP contribution in [-0.2, 0) is 13.0 Å². The maximum atomic E-state index is 6.30. The fourth-order valence-electron chi connectivity index (χ4n) is 5.90. The third-order valence-electron chi connectivity index (χ3n) is 7.85. The Kier molecular flexibility index (Phi) is 13.2. The van der Waals surface area contributed by atoms with Gasteiger partial charge in [-0.3, -0.25) is 4.90 Å². The molecule has 1 saturated heterocycles. The Balaban J connectivity index is 0.00000161. The summed E-state index contributed by atoms with van der Waals surface area (Å²) in [6, 6.07) is 38.9. The van der Waals surface area contributed by atoms with Gasteiger partial charge in [-0.15, -0.1) is 37.2 Å². The zero-order valence-corrected chi connectivity index (χ0v) is 26.7. The minimum atomic E-state index is 0. The Bertz CT molecular complexity index is 1450. The molecule has 5 aromatic rings. The highest BCUT2D eigenvalue weighted by Crippen LogP contribution is 2.29. The molecule has 6 rings (SSSR count). The van der Waals surface area contributed by atoms with Crippen molar-refractivity contribution in [1.29, 1.82) is 0 Å². The van der Waals surface area contributed by atoms with Gasteiger partial charge in [-0.2, -0.15) is 0 Å². The molecule has 1 fully saturated rings. The van der Waals surface area contributed by atoms with Crippen molar-refractivity contribution in [3.63, 3.8) is 0 Å². The lowest BCUT2D eigenvalue weighted by atomic mass is 9.96. The first-order valence-corrected chi connectivity index (χ1v) is 14.4. The molecule has 0 unspecified atom stereocenters. The number of aryl methyl sites for hydroxylation is 1. The second-order valence-electron chi connectivity index (χ2n) is 10.4. The van der Waals surface area contributed by atoms with Gasteiger partial charge in [0.05, 0.1) is 17.1 Å². The number of fused-ring (bicyclic) bond motifs is 1. The molecule has 42 heavy (non-hydrogen) atoms. The van der Waals surface area contributed by atoms with Crippen LogP contribution in [0.15, 0.2) is 109 Å². The molecular formula is C34H38Cl4N4. The highest BCUT2D eigenvalue weighted by Gasteiger charge is 2.26. The molecule has 0 N–H and O–H groups in total. The highest BCUT2D eigenvalue weighted by molar-refractivity contribution is 6.31. The molecule has 0 saturated carbocycles. The number of piperazine rings is 1. The molecule has 222 valence electrons. The van der Waals surface area contributed by atoms with Crippen molar-refractivity contribution < 1.29 is 0 Å². The Hall–Kier alpha value is -2.57. The molecular weight excluding hydrogens is 606 g/mol. The summed E-state index contributed by atoms with van der Waals surface area (Å²) in [6.07, 6.45) is 1.92. The number of halogens is 4. The summed E-state index contributed by atoms with van der Waals surface area (Å²) in [5.74, 6) is 1.11. The van der Waals surface area contributed by atoms with Gasteiger partial charge < -0.3 is 9.47 Å². The Morgan fingerprint density at radius 3 is 1.83 bits per heavy atom. The number of rotatable bonds is 9. The quantitative estimate of drug-likeness (QED) is 0.161. The van der Waals surface area contributed by atoms with E-state index in [0.29, 0.717) is 6.04 Å². The van der Waals surface area contributed by atoms with Gasteiger partial charge in [-0.25, -0.2) is 4.98 Å². The van der Waals surface area contributed by atoms with Crippen LogP contribution in [0.25, 0.3) is 11.0 Å². The summed E-state index contributed by atoms with van der Waals surface area (Å²) in [6.45, 7) is 6.37. The summed E-state index contributed by atoms with van der Waals surface area (Å²) in [5.41, 5.74) is 6.17. The third kappa shape index (κ3) is 8.08. The van der Waals surface area contributed by atoms with Gasteiger partial charge in [0.1, 0.15) is 5.82 Å². The Morgan fingerprint density at radius 1 is 0.667 bits per heavy atom. The third-order valence-corrected chi connectivity index (χ3v) is 8.09. The second-order valence-corrected chi connectivity index (χ2v) is 10.9. The molecule has 0 aliphatic carbocycles. The first-order chi connectivity index (χ1) is 19.2. The van der Waals surface area contributed by atoms with Crippen molar-refractivity contribution in [1.82, 2.24) is 19.4 Å². The Morgan fingerprint density at radius 2 is 1.24 bits per heavy atom. The van der Waals surface area contributed by atoms with Crippen LogP contribution in [0.1, 0.15) is 35.0 Å². The van der Waals surface area contributed by atoms with Crippen LogP contribution in [0.4, 0.5) is 0 Å². The average Bonchev–Trinajstić information content (AvgIpc) is 3.31. The van der Waals surface area contributed by atoms with Gasteiger partial charge in [0.2, 0.25) is 0 Å². The van der Waals surface area contributed by atoms with Gasteiger partial charge in [0, 0.05) is 44.2 Å². The van der Waals surface area contributed by atoms with Gasteiger partial charge in [0.15, 0.2) is 0 Å². The van der Waals surface area contributed by atoms with Crippen LogP contribution in [0.2, 0.25) is 5.02 Å². The monoisotopic (exact) mass is 642 g/mol. The smallest absolute Gasteiger partial charge is 0.114 e. The van der Waals surface area contributed by atoms with Crippen LogP contribution >= 0.6 is 48.8 Å².